The van der Waals surface area contributed by atoms with Crippen molar-refractivity contribution in [2.24, 2.45) is 0 Å². The first-order valence-electron chi connectivity index (χ1n) is 5.34. The first-order valence-corrected chi connectivity index (χ1v) is 5.34. The van der Waals surface area contributed by atoms with Gasteiger partial charge in [-0.25, -0.2) is 0 Å². The number of aryl methyl sites for hydroxylation is 1. The highest BCUT2D eigenvalue weighted by Crippen LogP contribution is 2.20. The van der Waals surface area contributed by atoms with Gasteiger partial charge >= 0.3 is 0 Å². The van der Waals surface area contributed by atoms with Crippen LogP contribution in [0.25, 0.3) is 0 Å². The van der Waals surface area contributed by atoms with Crippen LogP contribution in [0.15, 0.2) is 18.2 Å². The maximum atomic E-state index is 8.53. The third-order valence-electron chi connectivity index (χ3n) is 2.01. The molecule has 0 aliphatic heterocycles. The zero-order chi connectivity index (χ0) is 11.7. The minimum atomic E-state index is 0.469. The largest absolute Gasteiger partial charge is 0.496 e. The Morgan fingerprint density at radius 3 is 2.47 bits per heavy atom. The van der Waals surface area contributed by atoms with Gasteiger partial charge in [0.15, 0.2) is 0 Å². The third kappa shape index (κ3) is 4.03. The Morgan fingerprint density at radius 1 is 1.33 bits per heavy atom. The number of hydrogen-bond donors (Lipinski definition) is 0. The summed E-state index contributed by atoms with van der Waals surface area (Å²) in [6.07, 6.45) is 1.40. The molecule has 1 aromatic carbocycles. The molecule has 0 N–H and O–H groups in total. The first kappa shape index (κ1) is 13.5. The van der Waals surface area contributed by atoms with Gasteiger partial charge in [-0.3, -0.25) is 0 Å². The first-order chi connectivity index (χ1) is 7.31. The minimum Gasteiger partial charge on any atom is -0.496 e. The number of rotatable bonds is 3. The lowest BCUT2D eigenvalue weighted by Crippen LogP contribution is -1.92. The highest BCUT2D eigenvalue weighted by Gasteiger charge is 2.01. The molecule has 0 spiro atoms. The van der Waals surface area contributed by atoms with E-state index in [-0.39, 0.29) is 0 Å². The summed E-state index contributed by atoms with van der Waals surface area (Å²) in [5.74, 6) is 0.907. The fourth-order valence-corrected chi connectivity index (χ4v) is 1.31. The third-order valence-corrected chi connectivity index (χ3v) is 2.01. The molecule has 2 nitrogen and oxygen atoms in total. The van der Waals surface area contributed by atoms with E-state index in [1.165, 1.54) is 0 Å². The predicted molar refractivity (Wildman–Crippen MR) is 63.0 cm³/mol. The summed E-state index contributed by atoms with van der Waals surface area (Å²) in [7, 11) is 1.67. The van der Waals surface area contributed by atoms with Crippen LogP contribution in [0.1, 0.15) is 31.9 Å². The SMILES string of the molecule is CC.CCc1cc(CC#N)ccc1OC. The monoisotopic (exact) mass is 205 g/mol. The zero-order valence-electron chi connectivity index (χ0n) is 10.0. The van der Waals surface area contributed by atoms with E-state index < -0.39 is 0 Å². The molecule has 0 fully saturated rings. The molecule has 2 heteroatoms. The maximum absolute atomic E-state index is 8.53. The summed E-state index contributed by atoms with van der Waals surface area (Å²) < 4.78 is 5.19. The molecule has 0 amide bonds. The molecule has 0 aliphatic carbocycles. The standard InChI is InChI=1S/C11H13NO.C2H6/c1-3-10-8-9(6-7-12)4-5-11(10)13-2;1-2/h4-5,8H,3,6H2,1-2H3;1-2H3. The van der Waals surface area contributed by atoms with Gasteiger partial charge in [-0.05, 0) is 23.6 Å². The Labute approximate surface area is 92.5 Å². The van der Waals surface area contributed by atoms with E-state index in [0.29, 0.717) is 6.42 Å². The molecule has 0 unspecified atom stereocenters. The molecule has 0 bridgehead atoms. The summed E-state index contributed by atoms with van der Waals surface area (Å²) in [5, 5.41) is 8.53. The number of hydrogen-bond acceptors (Lipinski definition) is 2. The fourth-order valence-electron chi connectivity index (χ4n) is 1.31. The number of nitriles is 1. The molecule has 0 saturated carbocycles. The lowest BCUT2D eigenvalue weighted by atomic mass is 10.1. The average Bonchev–Trinajstić information content (AvgIpc) is 2.32. The van der Waals surface area contributed by atoms with E-state index in [0.717, 1.165) is 23.3 Å². The highest BCUT2D eigenvalue weighted by molar-refractivity contribution is 5.38. The van der Waals surface area contributed by atoms with Gasteiger partial charge in [0.05, 0.1) is 19.6 Å². The molecular weight excluding hydrogens is 186 g/mol. The van der Waals surface area contributed by atoms with Crippen molar-refractivity contribution in [2.45, 2.75) is 33.6 Å². The van der Waals surface area contributed by atoms with Crippen LogP contribution in [0, 0.1) is 11.3 Å². The molecule has 0 aromatic heterocycles. The van der Waals surface area contributed by atoms with Crippen molar-refractivity contribution in [1.29, 1.82) is 5.26 Å². The van der Waals surface area contributed by atoms with Crippen molar-refractivity contribution in [3.05, 3.63) is 29.3 Å². The smallest absolute Gasteiger partial charge is 0.122 e. The van der Waals surface area contributed by atoms with E-state index in [9.17, 15) is 0 Å². The number of nitrogens with zero attached hydrogens (tertiary/aromatic N) is 1. The predicted octanol–water partition coefficient (Wildman–Crippen LogP) is 3.35. The van der Waals surface area contributed by atoms with Crippen LogP contribution >= 0.6 is 0 Å². The van der Waals surface area contributed by atoms with E-state index in [1.54, 1.807) is 7.11 Å². The summed E-state index contributed by atoms with van der Waals surface area (Å²) in [6.45, 7) is 6.08. The molecule has 0 atom stereocenters. The molecule has 1 aromatic rings. The van der Waals surface area contributed by atoms with Crippen molar-refractivity contribution in [1.82, 2.24) is 0 Å². The van der Waals surface area contributed by atoms with Crippen LogP contribution in [-0.4, -0.2) is 7.11 Å². The van der Waals surface area contributed by atoms with Crippen LogP contribution in [0.3, 0.4) is 0 Å². The van der Waals surface area contributed by atoms with Gasteiger partial charge in [0, 0.05) is 0 Å². The van der Waals surface area contributed by atoms with Crippen molar-refractivity contribution < 1.29 is 4.74 Å². The van der Waals surface area contributed by atoms with Gasteiger partial charge in [-0.2, -0.15) is 5.26 Å². The van der Waals surface area contributed by atoms with Gasteiger partial charge in [0.2, 0.25) is 0 Å². The maximum Gasteiger partial charge on any atom is 0.122 e. The molecule has 82 valence electrons. The Morgan fingerprint density at radius 2 is 2.00 bits per heavy atom. The minimum absolute atomic E-state index is 0.469. The highest BCUT2D eigenvalue weighted by atomic mass is 16.5. The lowest BCUT2D eigenvalue weighted by Gasteiger charge is -2.07. The van der Waals surface area contributed by atoms with Crippen LogP contribution in [-0.2, 0) is 12.8 Å². The van der Waals surface area contributed by atoms with E-state index >= 15 is 0 Å². The van der Waals surface area contributed by atoms with E-state index in [1.807, 2.05) is 32.0 Å². The van der Waals surface area contributed by atoms with Crippen molar-refractivity contribution in [3.63, 3.8) is 0 Å². The topological polar surface area (TPSA) is 33.0 Å². The molecule has 1 rings (SSSR count). The van der Waals surface area contributed by atoms with Gasteiger partial charge in [-0.1, -0.05) is 32.9 Å². The van der Waals surface area contributed by atoms with Crippen molar-refractivity contribution in [3.8, 4) is 11.8 Å². The van der Waals surface area contributed by atoms with Crippen LogP contribution in [0.2, 0.25) is 0 Å². The van der Waals surface area contributed by atoms with Crippen molar-refractivity contribution >= 4 is 0 Å². The van der Waals surface area contributed by atoms with E-state index in [4.69, 9.17) is 10.00 Å². The summed E-state index contributed by atoms with van der Waals surface area (Å²) in [6, 6.07) is 8.02. The van der Waals surface area contributed by atoms with Gasteiger partial charge < -0.3 is 4.74 Å². The van der Waals surface area contributed by atoms with E-state index in [2.05, 4.69) is 13.0 Å². The van der Waals surface area contributed by atoms with Crippen molar-refractivity contribution in [2.75, 3.05) is 7.11 Å². The summed E-state index contributed by atoms with van der Waals surface area (Å²) in [5.41, 5.74) is 2.22. The number of methoxy groups -OCH3 is 1. The fraction of sp³-hybridized carbons (Fsp3) is 0.462. The van der Waals surface area contributed by atoms with Crippen LogP contribution in [0.4, 0.5) is 0 Å². The average molecular weight is 205 g/mol. The molecule has 0 aliphatic rings. The second kappa shape index (κ2) is 7.87. The zero-order valence-corrected chi connectivity index (χ0v) is 10.0. The Bertz CT molecular complexity index is 326. The van der Waals surface area contributed by atoms with Gasteiger partial charge in [-0.15, -0.1) is 0 Å². The molecule has 0 heterocycles. The normalized spacial score (nSPS) is 8.47. The second-order valence-electron chi connectivity index (χ2n) is 2.83. The van der Waals surface area contributed by atoms with Crippen LogP contribution < -0.4 is 4.74 Å². The Hall–Kier alpha value is -1.49. The Balaban J connectivity index is 0.000000921. The summed E-state index contributed by atoms with van der Waals surface area (Å²) in [4.78, 5) is 0. The molecule has 0 radical (unpaired) electrons. The molecule has 0 saturated heterocycles. The lowest BCUT2D eigenvalue weighted by molar-refractivity contribution is 0.410. The molecule has 15 heavy (non-hydrogen) atoms. The van der Waals surface area contributed by atoms with Crippen LogP contribution in [0.5, 0.6) is 5.75 Å². The number of benzene rings is 1. The van der Waals surface area contributed by atoms with Gasteiger partial charge in [0.25, 0.3) is 0 Å². The quantitative estimate of drug-likeness (QED) is 0.758. The number of ether oxygens (including phenoxy) is 1. The second-order valence-corrected chi connectivity index (χ2v) is 2.83. The Kier molecular flexibility index (Phi) is 7.09. The molecular formula is C13H19NO. The summed E-state index contributed by atoms with van der Waals surface area (Å²) >= 11 is 0. The van der Waals surface area contributed by atoms with Gasteiger partial charge in [0.1, 0.15) is 5.75 Å².